The zero-order chi connectivity index (χ0) is 16.0. The highest BCUT2D eigenvalue weighted by atomic mass is 35.5. The fourth-order valence-electron chi connectivity index (χ4n) is 3.22. The molecule has 0 aromatic heterocycles. The number of rotatable bonds is 13. The number of aryl methyl sites for hydroxylation is 1. The van der Waals surface area contributed by atoms with Crippen molar-refractivity contribution in [2.45, 2.75) is 96.9 Å². The van der Waals surface area contributed by atoms with Gasteiger partial charge >= 0.3 is 0 Å². The lowest BCUT2D eigenvalue weighted by atomic mass is 9.94. The van der Waals surface area contributed by atoms with Crippen molar-refractivity contribution in [1.29, 1.82) is 0 Å². The Morgan fingerprint density at radius 1 is 0.783 bits per heavy atom. The molecule has 1 aromatic rings. The molecule has 134 valence electrons. The smallest absolute Gasteiger partial charge is 0.0297 e. The highest BCUT2D eigenvalue weighted by molar-refractivity contribution is 5.85. The first kappa shape index (κ1) is 22.5. The number of nitrogens with two attached hydrogens (primary N) is 1. The second-order valence-electron chi connectivity index (χ2n) is 6.67. The summed E-state index contributed by atoms with van der Waals surface area (Å²) in [7, 11) is 0. The molecule has 0 fully saturated rings. The Labute approximate surface area is 150 Å². The molecular formula is C21H38ClN. The van der Waals surface area contributed by atoms with Gasteiger partial charge in [-0.2, -0.15) is 0 Å². The van der Waals surface area contributed by atoms with Gasteiger partial charge in [-0.25, -0.2) is 0 Å². The summed E-state index contributed by atoms with van der Waals surface area (Å²) in [6, 6.07) is 8.97. The van der Waals surface area contributed by atoms with Gasteiger partial charge in [-0.05, 0) is 24.0 Å². The summed E-state index contributed by atoms with van der Waals surface area (Å²) < 4.78 is 0. The van der Waals surface area contributed by atoms with Gasteiger partial charge in [-0.15, -0.1) is 12.4 Å². The monoisotopic (exact) mass is 339 g/mol. The van der Waals surface area contributed by atoms with E-state index in [0.717, 1.165) is 12.8 Å². The highest BCUT2D eigenvalue weighted by Crippen LogP contribution is 2.22. The predicted octanol–water partition coefficient (Wildman–Crippen LogP) is 6.98. The largest absolute Gasteiger partial charge is 0.324 e. The van der Waals surface area contributed by atoms with E-state index in [0.29, 0.717) is 0 Å². The van der Waals surface area contributed by atoms with Gasteiger partial charge in [-0.1, -0.05) is 102 Å². The van der Waals surface area contributed by atoms with Crippen LogP contribution >= 0.6 is 12.4 Å². The van der Waals surface area contributed by atoms with Crippen LogP contribution in [0.15, 0.2) is 24.3 Å². The van der Waals surface area contributed by atoms with E-state index in [1.165, 1.54) is 75.3 Å². The molecular weight excluding hydrogens is 302 g/mol. The molecule has 23 heavy (non-hydrogen) atoms. The average molecular weight is 340 g/mol. The molecule has 0 aliphatic carbocycles. The molecule has 1 aromatic carbocycles. The van der Waals surface area contributed by atoms with E-state index in [4.69, 9.17) is 5.73 Å². The van der Waals surface area contributed by atoms with Crippen LogP contribution in [0.5, 0.6) is 0 Å². The van der Waals surface area contributed by atoms with Gasteiger partial charge in [0.25, 0.3) is 0 Å². The molecule has 0 aliphatic heterocycles. The van der Waals surface area contributed by atoms with Crippen molar-refractivity contribution >= 4 is 12.4 Å². The number of hydrogen-bond acceptors (Lipinski definition) is 1. The number of hydrogen-bond donors (Lipinski definition) is 1. The molecule has 1 atom stereocenters. The van der Waals surface area contributed by atoms with Crippen molar-refractivity contribution < 1.29 is 0 Å². The third-order valence-corrected chi connectivity index (χ3v) is 4.59. The summed E-state index contributed by atoms with van der Waals surface area (Å²) >= 11 is 0. The second kappa shape index (κ2) is 15.0. The predicted molar refractivity (Wildman–Crippen MR) is 106 cm³/mol. The third-order valence-electron chi connectivity index (χ3n) is 4.59. The highest BCUT2D eigenvalue weighted by Gasteiger charge is 2.09. The number of unbranched alkanes of at least 4 members (excludes halogenated alkanes) is 8. The maximum Gasteiger partial charge on any atom is 0.0297 e. The van der Waals surface area contributed by atoms with Crippen molar-refractivity contribution in [3.63, 3.8) is 0 Å². The lowest BCUT2D eigenvalue weighted by Crippen LogP contribution is -2.12. The van der Waals surface area contributed by atoms with E-state index >= 15 is 0 Å². The van der Waals surface area contributed by atoms with Gasteiger partial charge < -0.3 is 5.73 Å². The van der Waals surface area contributed by atoms with Crippen LogP contribution in [-0.2, 0) is 6.42 Å². The molecule has 0 saturated heterocycles. The number of halogens is 1. The Kier molecular flexibility index (Phi) is 14.7. The minimum atomic E-state index is 0. The fourth-order valence-corrected chi connectivity index (χ4v) is 3.22. The summed E-state index contributed by atoms with van der Waals surface area (Å²) in [6.07, 6.45) is 15.9. The minimum Gasteiger partial charge on any atom is -0.324 e. The normalized spacial score (nSPS) is 12.0. The molecule has 2 heteroatoms. The van der Waals surface area contributed by atoms with E-state index in [-0.39, 0.29) is 18.4 Å². The molecule has 0 saturated carbocycles. The zero-order valence-corrected chi connectivity index (χ0v) is 16.2. The first-order valence-electron chi connectivity index (χ1n) is 9.63. The molecule has 1 unspecified atom stereocenters. The number of benzene rings is 1. The molecule has 0 heterocycles. The SMILES string of the molecule is CCCCCCCCCCCC(N)c1ccccc1CCC.Cl. The van der Waals surface area contributed by atoms with Crippen molar-refractivity contribution in [2.24, 2.45) is 5.73 Å². The Bertz CT molecular complexity index is 378. The summed E-state index contributed by atoms with van der Waals surface area (Å²) in [5.74, 6) is 0. The van der Waals surface area contributed by atoms with Crippen LogP contribution in [0, 0.1) is 0 Å². The maximum atomic E-state index is 6.42. The zero-order valence-electron chi connectivity index (χ0n) is 15.4. The third kappa shape index (κ3) is 10.0. The topological polar surface area (TPSA) is 26.0 Å². The Morgan fingerprint density at radius 3 is 1.96 bits per heavy atom. The first-order valence-corrected chi connectivity index (χ1v) is 9.63. The van der Waals surface area contributed by atoms with Gasteiger partial charge in [0.2, 0.25) is 0 Å². The molecule has 0 amide bonds. The van der Waals surface area contributed by atoms with Crippen LogP contribution in [0.25, 0.3) is 0 Å². The molecule has 0 spiro atoms. The molecule has 1 rings (SSSR count). The van der Waals surface area contributed by atoms with Crippen LogP contribution in [0.2, 0.25) is 0 Å². The fraction of sp³-hybridized carbons (Fsp3) is 0.714. The van der Waals surface area contributed by atoms with Crippen molar-refractivity contribution in [3.05, 3.63) is 35.4 Å². The summed E-state index contributed by atoms with van der Waals surface area (Å²) in [6.45, 7) is 4.52. The van der Waals surface area contributed by atoms with Crippen LogP contribution in [0.1, 0.15) is 102 Å². The van der Waals surface area contributed by atoms with E-state index in [1.54, 1.807) is 0 Å². The maximum absolute atomic E-state index is 6.42. The second-order valence-corrected chi connectivity index (χ2v) is 6.67. The minimum absolute atomic E-state index is 0. The Balaban J connectivity index is 0.00000484. The van der Waals surface area contributed by atoms with E-state index in [2.05, 4.69) is 38.1 Å². The molecule has 0 bridgehead atoms. The van der Waals surface area contributed by atoms with Crippen LogP contribution in [-0.4, -0.2) is 0 Å². The van der Waals surface area contributed by atoms with Crippen molar-refractivity contribution in [3.8, 4) is 0 Å². The van der Waals surface area contributed by atoms with Gasteiger partial charge in [0.1, 0.15) is 0 Å². The van der Waals surface area contributed by atoms with Gasteiger partial charge in [0.05, 0.1) is 0 Å². The lowest BCUT2D eigenvalue weighted by Gasteiger charge is -2.16. The summed E-state index contributed by atoms with van der Waals surface area (Å²) in [5.41, 5.74) is 9.25. The van der Waals surface area contributed by atoms with Crippen LogP contribution < -0.4 is 5.73 Å². The Morgan fingerprint density at radius 2 is 1.35 bits per heavy atom. The summed E-state index contributed by atoms with van der Waals surface area (Å²) in [4.78, 5) is 0. The van der Waals surface area contributed by atoms with Crippen LogP contribution in [0.3, 0.4) is 0 Å². The summed E-state index contributed by atoms with van der Waals surface area (Å²) in [5, 5.41) is 0. The molecule has 2 N–H and O–H groups in total. The van der Waals surface area contributed by atoms with Crippen LogP contribution in [0.4, 0.5) is 0 Å². The van der Waals surface area contributed by atoms with Gasteiger partial charge in [-0.3, -0.25) is 0 Å². The quantitative estimate of drug-likeness (QED) is 0.385. The van der Waals surface area contributed by atoms with Crippen molar-refractivity contribution in [2.75, 3.05) is 0 Å². The van der Waals surface area contributed by atoms with Gasteiger partial charge in [0, 0.05) is 6.04 Å². The average Bonchev–Trinajstić information content (AvgIpc) is 2.54. The molecule has 0 aliphatic rings. The van der Waals surface area contributed by atoms with E-state index in [1.807, 2.05) is 0 Å². The van der Waals surface area contributed by atoms with E-state index < -0.39 is 0 Å². The van der Waals surface area contributed by atoms with E-state index in [9.17, 15) is 0 Å². The lowest BCUT2D eigenvalue weighted by molar-refractivity contribution is 0.531. The Hall–Kier alpha value is -0.530. The van der Waals surface area contributed by atoms with Gasteiger partial charge in [0.15, 0.2) is 0 Å². The van der Waals surface area contributed by atoms with Crippen molar-refractivity contribution in [1.82, 2.24) is 0 Å². The standard InChI is InChI=1S/C21H37N.ClH/c1-3-5-6-7-8-9-10-11-12-18-21(22)20-17-14-13-16-19(20)15-4-2;/h13-14,16-17,21H,3-12,15,18,22H2,1-2H3;1H. The first-order chi connectivity index (χ1) is 10.8. The molecule has 1 nitrogen and oxygen atoms in total. The molecule has 0 radical (unpaired) electrons.